The summed E-state index contributed by atoms with van der Waals surface area (Å²) in [5, 5.41) is 3.67. The van der Waals surface area contributed by atoms with E-state index < -0.39 is 0 Å². The van der Waals surface area contributed by atoms with Gasteiger partial charge in [0.1, 0.15) is 0 Å². The molecule has 1 atom stereocenters. The highest BCUT2D eigenvalue weighted by Gasteiger charge is 2.63. The van der Waals surface area contributed by atoms with E-state index >= 15 is 0 Å². The number of hydrogen-bond acceptors (Lipinski definition) is 1. The fourth-order valence-corrected chi connectivity index (χ4v) is 3.00. The molecule has 17 heavy (non-hydrogen) atoms. The molecule has 0 amide bonds. The second-order valence-corrected chi connectivity index (χ2v) is 6.54. The lowest BCUT2D eigenvalue weighted by molar-refractivity contribution is 0.457. The molecule has 1 aromatic rings. The zero-order valence-corrected chi connectivity index (χ0v) is 11.7. The van der Waals surface area contributed by atoms with Crippen LogP contribution in [0.2, 0.25) is 0 Å². The fourth-order valence-electron chi connectivity index (χ4n) is 3.00. The Hall–Kier alpha value is -0.820. The van der Waals surface area contributed by atoms with Gasteiger partial charge in [0.25, 0.3) is 0 Å². The SMILES string of the molecule is CC(NCC1C(C)(C)C1(C)C)c1ccccc1. The Balaban J connectivity index is 1.89. The van der Waals surface area contributed by atoms with Gasteiger partial charge in [-0.2, -0.15) is 0 Å². The number of hydrogen-bond donors (Lipinski definition) is 1. The van der Waals surface area contributed by atoms with Crippen LogP contribution in [0.4, 0.5) is 0 Å². The second-order valence-electron chi connectivity index (χ2n) is 6.54. The van der Waals surface area contributed by atoms with Crippen molar-refractivity contribution >= 4 is 0 Å². The molecule has 94 valence electrons. The van der Waals surface area contributed by atoms with Crippen LogP contribution in [0.25, 0.3) is 0 Å². The number of nitrogens with one attached hydrogen (secondary N) is 1. The van der Waals surface area contributed by atoms with Crippen LogP contribution in [-0.4, -0.2) is 6.54 Å². The first-order valence-corrected chi connectivity index (χ1v) is 6.65. The standard InChI is InChI=1S/C16H25N/c1-12(13-9-7-6-8-10-13)17-11-14-15(2,3)16(14,4)5/h6-10,12,14,17H,11H2,1-5H3. The molecule has 0 radical (unpaired) electrons. The van der Waals surface area contributed by atoms with Crippen LogP contribution in [0.1, 0.15) is 46.2 Å². The lowest BCUT2D eigenvalue weighted by atomic mass is 10.0. The minimum Gasteiger partial charge on any atom is -0.310 e. The van der Waals surface area contributed by atoms with E-state index in [4.69, 9.17) is 0 Å². The minimum atomic E-state index is 0.448. The van der Waals surface area contributed by atoms with Crippen molar-refractivity contribution < 1.29 is 0 Å². The number of benzene rings is 1. The van der Waals surface area contributed by atoms with Crippen molar-refractivity contribution in [3.05, 3.63) is 35.9 Å². The third-order valence-corrected chi connectivity index (χ3v) is 5.25. The normalized spacial score (nSPS) is 23.4. The molecule has 1 aromatic carbocycles. The van der Waals surface area contributed by atoms with Gasteiger partial charge in [0.15, 0.2) is 0 Å². The predicted octanol–water partition coefficient (Wildman–Crippen LogP) is 4.02. The topological polar surface area (TPSA) is 12.0 Å². The summed E-state index contributed by atoms with van der Waals surface area (Å²) in [5.41, 5.74) is 2.34. The molecule has 0 heterocycles. The Bertz CT molecular complexity index is 364. The van der Waals surface area contributed by atoms with Crippen LogP contribution in [0, 0.1) is 16.7 Å². The van der Waals surface area contributed by atoms with Gasteiger partial charge in [-0.25, -0.2) is 0 Å². The molecule has 1 saturated carbocycles. The van der Waals surface area contributed by atoms with Gasteiger partial charge in [-0.05, 0) is 35.8 Å². The Labute approximate surface area is 106 Å². The summed E-state index contributed by atoms with van der Waals surface area (Å²) in [5.74, 6) is 0.793. The van der Waals surface area contributed by atoms with E-state index in [1.165, 1.54) is 5.56 Å². The quantitative estimate of drug-likeness (QED) is 0.825. The third kappa shape index (κ3) is 2.13. The molecule has 0 aromatic heterocycles. The van der Waals surface area contributed by atoms with Crippen molar-refractivity contribution in [2.24, 2.45) is 16.7 Å². The first-order chi connectivity index (χ1) is 7.87. The molecule has 1 unspecified atom stereocenters. The van der Waals surface area contributed by atoms with Crippen molar-refractivity contribution in [1.29, 1.82) is 0 Å². The molecule has 0 bridgehead atoms. The minimum absolute atomic E-state index is 0.448. The van der Waals surface area contributed by atoms with Crippen LogP contribution in [-0.2, 0) is 0 Å². The Morgan fingerprint density at radius 1 is 1.06 bits per heavy atom. The van der Waals surface area contributed by atoms with Crippen molar-refractivity contribution in [3.63, 3.8) is 0 Å². The largest absolute Gasteiger partial charge is 0.310 e. The second kappa shape index (κ2) is 4.13. The average molecular weight is 231 g/mol. The summed E-state index contributed by atoms with van der Waals surface area (Å²) < 4.78 is 0. The van der Waals surface area contributed by atoms with Gasteiger partial charge in [-0.3, -0.25) is 0 Å². The number of rotatable bonds is 4. The molecule has 2 rings (SSSR count). The maximum absolute atomic E-state index is 3.67. The van der Waals surface area contributed by atoms with E-state index in [0.717, 1.165) is 12.5 Å². The highest BCUT2D eigenvalue weighted by molar-refractivity contribution is 5.19. The van der Waals surface area contributed by atoms with E-state index in [-0.39, 0.29) is 0 Å². The Morgan fingerprint density at radius 2 is 1.59 bits per heavy atom. The molecule has 1 aliphatic carbocycles. The van der Waals surface area contributed by atoms with Gasteiger partial charge in [0.05, 0.1) is 0 Å². The summed E-state index contributed by atoms with van der Waals surface area (Å²) in [6.07, 6.45) is 0. The van der Waals surface area contributed by atoms with Crippen LogP contribution in [0.3, 0.4) is 0 Å². The molecule has 0 aliphatic heterocycles. The molecule has 0 saturated heterocycles. The third-order valence-electron chi connectivity index (χ3n) is 5.25. The zero-order chi connectivity index (χ0) is 12.7. The first-order valence-electron chi connectivity index (χ1n) is 6.65. The van der Waals surface area contributed by atoms with Gasteiger partial charge in [-0.1, -0.05) is 58.0 Å². The van der Waals surface area contributed by atoms with Gasteiger partial charge >= 0.3 is 0 Å². The predicted molar refractivity (Wildman–Crippen MR) is 73.9 cm³/mol. The van der Waals surface area contributed by atoms with Crippen molar-refractivity contribution in [2.75, 3.05) is 6.54 Å². The zero-order valence-electron chi connectivity index (χ0n) is 11.7. The van der Waals surface area contributed by atoms with Crippen molar-refractivity contribution in [1.82, 2.24) is 5.32 Å². The molecule has 0 spiro atoms. The molecule has 1 nitrogen and oxygen atoms in total. The Morgan fingerprint density at radius 3 is 2.06 bits per heavy atom. The maximum Gasteiger partial charge on any atom is 0.0291 e. The van der Waals surface area contributed by atoms with Crippen molar-refractivity contribution in [3.8, 4) is 0 Å². The van der Waals surface area contributed by atoms with Crippen LogP contribution in [0.15, 0.2) is 30.3 Å². The van der Waals surface area contributed by atoms with Gasteiger partial charge in [-0.15, -0.1) is 0 Å². The van der Waals surface area contributed by atoms with E-state index in [2.05, 4.69) is 70.3 Å². The van der Waals surface area contributed by atoms with Crippen molar-refractivity contribution in [2.45, 2.75) is 40.7 Å². The maximum atomic E-state index is 3.67. The van der Waals surface area contributed by atoms with Gasteiger partial charge in [0.2, 0.25) is 0 Å². The van der Waals surface area contributed by atoms with Crippen LogP contribution < -0.4 is 5.32 Å². The molecular weight excluding hydrogens is 206 g/mol. The fraction of sp³-hybridized carbons (Fsp3) is 0.625. The monoisotopic (exact) mass is 231 g/mol. The van der Waals surface area contributed by atoms with E-state index in [0.29, 0.717) is 16.9 Å². The van der Waals surface area contributed by atoms with Crippen LogP contribution in [0.5, 0.6) is 0 Å². The van der Waals surface area contributed by atoms with Gasteiger partial charge in [0, 0.05) is 6.04 Å². The van der Waals surface area contributed by atoms with E-state index in [1.54, 1.807) is 0 Å². The first kappa shape index (κ1) is 12.6. The summed E-state index contributed by atoms with van der Waals surface area (Å²) >= 11 is 0. The summed E-state index contributed by atoms with van der Waals surface area (Å²) in [7, 11) is 0. The van der Waals surface area contributed by atoms with E-state index in [1.807, 2.05) is 0 Å². The molecule has 1 heteroatoms. The molecule has 1 N–H and O–H groups in total. The summed E-state index contributed by atoms with van der Waals surface area (Å²) in [6, 6.07) is 11.1. The highest BCUT2D eigenvalue weighted by Crippen LogP contribution is 2.68. The molecule has 1 aliphatic rings. The molecular formula is C16H25N. The lowest BCUT2D eigenvalue weighted by Gasteiger charge is -2.15. The van der Waals surface area contributed by atoms with E-state index in [9.17, 15) is 0 Å². The lowest BCUT2D eigenvalue weighted by Crippen LogP contribution is -2.23. The summed E-state index contributed by atoms with van der Waals surface area (Å²) in [4.78, 5) is 0. The average Bonchev–Trinajstić information content (AvgIpc) is 2.68. The molecule has 1 fully saturated rings. The van der Waals surface area contributed by atoms with Gasteiger partial charge < -0.3 is 5.32 Å². The highest BCUT2D eigenvalue weighted by atomic mass is 14.9. The summed E-state index contributed by atoms with van der Waals surface area (Å²) in [6.45, 7) is 12.9. The smallest absolute Gasteiger partial charge is 0.0291 e. The van der Waals surface area contributed by atoms with Crippen LogP contribution >= 0.6 is 0 Å². The Kier molecular flexibility index (Phi) is 3.07.